The van der Waals surface area contributed by atoms with Gasteiger partial charge in [0.05, 0.1) is 24.9 Å². The van der Waals surface area contributed by atoms with E-state index in [2.05, 4.69) is 27.1 Å². The summed E-state index contributed by atoms with van der Waals surface area (Å²) in [5.74, 6) is 0.873. The number of pyridine rings is 3. The molecule has 1 atom stereocenters. The lowest BCUT2D eigenvalue weighted by molar-refractivity contribution is 0.0734. The van der Waals surface area contributed by atoms with Gasteiger partial charge in [0.25, 0.3) is 5.91 Å². The van der Waals surface area contributed by atoms with Crippen LogP contribution in [0.25, 0.3) is 10.9 Å². The van der Waals surface area contributed by atoms with Crippen LogP contribution in [0.3, 0.4) is 0 Å². The molecule has 0 unspecified atom stereocenters. The van der Waals surface area contributed by atoms with Gasteiger partial charge in [0.15, 0.2) is 0 Å². The van der Waals surface area contributed by atoms with Gasteiger partial charge in [-0.3, -0.25) is 14.8 Å². The number of aromatic nitrogens is 3. The zero-order valence-electron chi connectivity index (χ0n) is 19.1. The van der Waals surface area contributed by atoms with Crippen molar-refractivity contribution in [2.75, 3.05) is 26.3 Å². The van der Waals surface area contributed by atoms with Crippen LogP contribution in [0.4, 0.5) is 0 Å². The Balaban J connectivity index is 1.35. The predicted octanol–water partition coefficient (Wildman–Crippen LogP) is 4.46. The van der Waals surface area contributed by atoms with Gasteiger partial charge in [-0.25, -0.2) is 4.98 Å². The lowest BCUT2D eigenvalue weighted by Crippen LogP contribution is -2.36. The Morgan fingerprint density at radius 1 is 1.06 bits per heavy atom. The van der Waals surface area contributed by atoms with Gasteiger partial charge in [-0.15, -0.1) is 0 Å². The molecule has 0 N–H and O–H groups in total. The molecule has 0 bridgehead atoms. The average Bonchev–Trinajstić information content (AvgIpc) is 3.11. The first-order chi connectivity index (χ1) is 16.7. The monoisotopic (exact) mass is 454 g/mol. The second-order valence-electron chi connectivity index (χ2n) is 8.48. The van der Waals surface area contributed by atoms with Crippen molar-refractivity contribution in [1.82, 2.24) is 19.9 Å². The molecule has 1 amide bonds. The van der Waals surface area contributed by atoms with E-state index in [4.69, 9.17) is 9.47 Å². The van der Waals surface area contributed by atoms with Crippen molar-refractivity contribution >= 4 is 16.8 Å². The molecule has 7 heteroatoms. The highest BCUT2D eigenvalue weighted by Crippen LogP contribution is 2.26. The molecule has 5 rings (SSSR count). The molecule has 1 aromatic carbocycles. The SMILES string of the molecule is Cc1ccc(Oc2ncccc2C(=O)N2CCOC[C@H](Cc3cccc4ncccc34)C2)cn1. The maximum absolute atomic E-state index is 13.6. The molecule has 34 heavy (non-hydrogen) atoms. The number of aryl methyl sites for hydroxylation is 1. The largest absolute Gasteiger partial charge is 0.437 e. The van der Waals surface area contributed by atoms with Crippen molar-refractivity contribution < 1.29 is 14.3 Å². The van der Waals surface area contributed by atoms with E-state index in [1.807, 2.05) is 48.4 Å². The summed E-state index contributed by atoms with van der Waals surface area (Å²) in [6.07, 6.45) is 5.86. The topological polar surface area (TPSA) is 77.4 Å². The van der Waals surface area contributed by atoms with Crippen LogP contribution in [0, 0.1) is 12.8 Å². The summed E-state index contributed by atoms with van der Waals surface area (Å²) in [6.45, 7) is 4.12. The molecule has 1 aliphatic rings. The predicted molar refractivity (Wildman–Crippen MR) is 129 cm³/mol. The van der Waals surface area contributed by atoms with Crippen LogP contribution >= 0.6 is 0 Å². The maximum atomic E-state index is 13.6. The van der Waals surface area contributed by atoms with Crippen LogP contribution in [0.2, 0.25) is 0 Å². The molecule has 0 radical (unpaired) electrons. The number of benzene rings is 1. The first-order valence-corrected chi connectivity index (χ1v) is 11.4. The lowest BCUT2D eigenvalue weighted by Gasteiger charge is -2.24. The Morgan fingerprint density at radius 2 is 1.94 bits per heavy atom. The maximum Gasteiger partial charge on any atom is 0.259 e. The van der Waals surface area contributed by atoms with Gasteiger partial charge >= 0.3 is 0 Å². The second-order valence-corrected chi connectivity index (χ2v) is 8.48. The van der Waals surface area contributed by atoms with Gasteiger partial charge < -0.3 is 14.4 Å². The summed E-state index contributed by atoms with van der Waals surface area (Å²) in [5, 5.41) is 1.14. The normalized spacial score (nSPS) is 16.3. The molecule has 1 saturated heterocycles. The van der Waals surface area contributed by atoms with E-state index >= 15 is 0 Å². The number of rotatable bonds is 5. The van der Waals surface area contributed by atoms with Gasteiger partial charge in [-0.2, -0.15) is 0 Å². The summed E-state index contributed by atoms with van der Waals surface area (Å²) in [6, 6.07) is 17.4. The molecule has 0 saturated carbocycles. The minimum atomic E-state index is -0.113. The van der Waals surface area contributed by atoms with Crippen molar-refractivity contribution in [3.05, 3.63) is 90.0 Å². The smallest absolute Gasteiger partial charge is 0.259 e. The van der Waals surface area contributed by atoms with E-state index in [1.54, 1.807) is 24.5 Å². The number of carbonyl (C=O) groups is 1. The second kappa shape index (κ2) is 9.97. The van der Waals surface area contributed by atoms with Gasteiger partial charge in [0.1, 0.15) is 11.3 Å². The van der Waals surface area contributed by atoms with Crippen LogP contribution in [-0.4, -0.2) is 52.1 Å². The molecule has 4 aromatic rings. The summed E-state index contributed by atoms with van der Waals surface area (Å²) in [5.41, 5.74) is 3.51. The summed E-state index contributed by atoms with van der Waals surface area (Å²) in [7, 11) is 0. The van der Waals surface area contributed by atoms with Crippen LogP contribution in [0.15, 0.2) is 73.2 Å². The van der Waals surface area contributed by atoms with Crippen molar-refractivity contribution in [3.8, 4) is 11.6 Å². The van der Waals surface area contributed by atoms with E-state index in [-0.39, 0.29) is 17.7 Å². The summed E-state index contributed by atoms with van der Waals surface area (Å²) in [4.78, 5) is 28.4. The fourth-order valence-electron chi connectivity index (χ4n) is 4.28. The quantitative estimate of drug-likeness (QED) is 0.443. The van der Waals surface area contributed by atoms with E-state index in [9.17, 15) is 4.79 Å². The molecular formula is C27H26N4O3. The number of hydrogen-bond acceptors (Lipinski definition) is 6. The number of ether oxygens (including phenoxy) is 2. The Bertz CT molecular complexity index is 1290. The Hall–Kier alpha value is -3.84. The molecule has 1 aliphatic heterocycles. The fourth-order valence-corrected chi connectivity index (χ4v) is 4.28. The minimum absolute atomic E-state index is 0.113. The van der Waals surface area contributed by atoms with Gasteiger partial charge in [-0.05, 0) is 55.3 Å². The zero-order chi connectivity index (χ0) is 23.3. The number of fused-ring (bicyclic) bond motifs is 1. The molecule has 4 heterocycles. The molecular weight excluding hydrogens is 428 g/mol. The van der Waals surface area contributed by atoms with E-state index in [1.165, 1.54) is 5.56 Å². The van der Waals surface area contributed by atoms with Crippen molar-refractivity contribution in [3.63, 3.8) is 0 Å². The highest BCUT2D eigenvalue weighted by atomic mass is 16.5. The van der Waals surface area contributed by atoms with Gasteiger partial charge in [0, 0.05) is 42.5 Å². The lowest BCUT2D eigenvalue weighted by atomic mass is 9.96. The first-order valence-electron chi connectivity index (χ1n) is 11.4. The van der Waals surface area contributed by atoms with Crippen molar-refractivity contribution in [2.24, 2.45) is 5.92 Å². The van der Waals surface area contributed by atoms with Crippen molar-refractivity contribution in [1.29, 1.82) is 0 Å². The molecule has 0 spiro atoms. The van der Waals surface area contributed by atoms with E-state index < -0.39 is 0 Å². The minimum Gasteiger partial charge on any atom is -0.437 e. The van der Waals surface area contributed by atoms with E-state index in [0.29, 0.717) is 37.6 Å². The number of hydrogen-bond donors (Lipinski definition) is 0. The van der Waals surface area contributed by atoms with Crippen LogP contribution < -0.4 is 4.74 Å². The fraction of sp³-hybridized carbons (Fsp3) is 0.259. The Labute approximate surface area is 198 Å². The summed E-state index contributed by atoms with van der Waals surface area (Å²) >= 11 is 0. The van der Waals surface area contributed by atoms with Gasteiger partial charge in [0.2, 0.25) is 5.88 Å². The van der Waals surface area contributed by atoms with Gasteiger partial charge in [-0.1, -0.05) is 18.2 Å². The Morgan fingerprint density at radius 3 is 2.82 bits per heavy atom. The highest BCUT2D eigenvalue weighted by molar-refractivity contribution is 5.96. The third-order valence-electron chi connectivity index (χ3n) is 5.97. The van der Waals surface area contributed by atoms with Crippen molar-refractivity contribution in [2.45, 2.75) is 13.3 Å². The number of carbonyl (C=O) groups excluding carboxylic acids is 1. The molecule has 3 aromatic heterocycles. The molecule has 172 valence electrons. The molecule has 1 fully saturated rings. The van der Waals surface area contributed by atoms with E-state index in [0.717, 1.165) is 23.0 Å². The third-order valence-corrected chi connectivity index (χ3v) is 5.97. The first kappa shape index (κ1) is 22.0. The average molecular weight is 455 g/mol. The third kappa shape index (κ3) is 4.89. The zero-order valence-corrected chi connectivity index (χ0v) is 19.1. The molecule has 0 aliphatic carbocycles. The number of amides is 1. The van der Waals surface area contributed by atoms with Crippen LogP contribution in [-0.2, 0) is 11.2 Å². The van der Waals surface area contributed by atoms with Crippen LogP contribution in [0.5, 0.6) is 11.6 Å². The van der Waals surface area contributed by atoms with Crippen LogP contribution in [0.1, 0.15) is 21.6 Å². The highest BCUT2D eigenvalue weighted by Gasteiger charge is 2.26. The molecule has 7 nitrogen and oxygen atoms in total. The Kier molecular flexibility index (Phi) is 6.44. The summed E-state index contributed by atoms with van der Waals surface area (Å²) < 4.78 is 11.8. The number of nitrogens with zero attached hydrogens (tertiary/aromatic N) is 4. The standard InChI is InChI=1S/C27H26N4O3/c1-19-9-10-22(16-30-19)34-26-24(7-4-12-29-26)27(32)31-13-14-33-18-20(17-31)15-21-5-2-8-25-23(21)6-3-11-28-25/h2-12,16,20H,13-15,17-18H2,1H3/t20-/m1/s1.